The number of aromatic nitrogens is 2. The maximum atomic E-state index is 8.89. The number of aliphatic hydroxyl groups is 1. The van der Waals surface area contributed by atoms with Crippen molar-refractivity contribution < 1.29 is 5.11 Å². The van der Waals surface area contributed by atoms with Gasteiger partial charge in [0.05, 0.1) is 19.3 Å². The first-order chi connectivity index (χ1) is 8.78. The highest BCUT2D eigenvalue weighted by molar-refractivity contribution is 5.06. The normalized spacial score (nSPS) is 32.0. The lowest BCUT2D eigenvalue weighted by Gasteiger charge is -2.23. The minimum atomic E-state index is 0.150. The molecule has 1 aromatic heterocycles. The molecule has 3 atom stereocenters. The Morgan fingerprint density at radius 2 is 2.39 bits per heavy atom. The average molecular weight is 250 g/mol. The zero-order valence-corrected chi connectivity index (χ0v) is 10.9. The topological polar surface area (TPSA) is 53.3 Å². The molecular weight excluding hydrogens is 228 g/mol. The Hall–Kier alpha value is -0.910. The van der Waals surface area contributed by atoms with E-state index in [1.54, 1.807) is 0 Å². The molecule has 5 nitrogen and oxygen atoms in total. The van der Waals surface area contributed by atoms with Gasteiger partial charge in [0.1, 0.15) is 0 Å². The smallest absolute Gasteiger partial charge is 0.0640 e. The van der Waals surface area contributed by atoms with Crippen LogP contribution in [0.3, 0.4) is 0 Å². The van der Waals surface area contributed by atoms with Crippen LogP contribution in [-0.2, 0) is 13.1 Å². The lowest BCUT2D eigenvalue weighted by Crippen LogP contribution is -2.32. The van der Waals surface area contributed by atoms with Crippen LogP contribution in [0.2, 0.25) is 0 Å². The number of aliphatic hydroxyl groups excluding tert-OH is 1. The number of nitrogens with zero attached hydrogens (tertiary/aromatic N) is 3. The van der Waals surface area contributed by atoms with E-state index in [1.165, 1.54) is 25.2 Å². The second-order valence-corrected chi connectivity index (χ2v) is 5.59. The van der Waals surface area contributed by atoms with Crippen molar-refractivity contribution in [2.24, 2.45) is 11.8 Å². The Morgan fingerprint density at radius 3 is 3.17 bits per heavy atom. The van der Waals surface area contributed by atoms with E-state index in [4.69, 9.17) is 5.11 Å². The van der Waals surface area contributed by atoms with Gasteiger partial charge in [-0.2, -0.15) is 5.10 Å². The fourth-order valence-electron chi connectivity index (χ4n) is 3.41. The van der Waals surface area contributed by atoms with E-state index in [2.05, 4.69) is 28.4 Å². The Labute approximate surface area is 108 Å². The molecule has 18 heavy (non-hydrogen) atoms. The van der Waals surface area contributed by atoms with Crippen molar-refractivity contribution >= 4 is 0 Å². The van der Waals surface area contributed by atoms with Crippen molar-refractivity contribution in [3.05, 3.63) is 18.0 Å². The van der Waals surface area contributed by atoms with Crippen LogP contribution in [0.4, 0.5) is 0 Å². The Kier molecular flexibility index (Phi) is 3.37. The van der Waals surface area contributed by atoms with Crippen LogP contribution in [0.5, 0.6) is 0 Å². The van der Waals surface area contributed by atoms with Crippen molar-refractivity contribution in [1.29, 1.82) is 0 Å². The Morgan fingerprint density at radius 1 is 1.50 bits per heavy atom. The highest BCUT2D eigenvalue weighted by Gasteiger charge is 2.41. The molecule has 3 heterocycles. The van der Waals surface area contributed by atoms with Gasteiger partial charge in [-0.05, 0) is 31.8 Å². The molecule has 3 rings (SSSR count). The molecule has 0 amide bonds. The number of rotatable bonds is 4. The molecule has 0 aromatic carbocycles. The van der Waals surface area contributed by atoms with Gasteiger partial charge in [-0.3, -0.25) is 9.58 Å². The largest absolute Gasteiger partial charge is 0.394 e. The molecule has 2 fully saturated rings. The van der Waals surface area contributed by atoms with Gasteiger partial charge in [-0.1, -0.05) is 0 Å². The van der Waals surface area contributed by atoms with Crippen LogP contribution in [-0.4, -0.2) is 52.1 Å². The zero-order valence-electron chi connectivity index (χ0n) is 10.9. The van der Waals surface area contributed by atoms with E-state index in [0.717, 1.165) is 18.4 Å². The lowest BCUT2D eigenvalue weighted by molar-refractivity contribution is 0.231. The third-order valence-electron chi connectivity index (χ3n) is 4.46. The molecule has 2 aliphatic rings. The first-order valence-electron chi connectivity index (χ1n) is 6.85. The molecule has 1 aromatic rings. The first-order valence-corrected chi connectivity index (χ1v) is 6.85. The predicted octanol–water partition coefficient (Wildman–Crippen LogP) is -0.0849. The summed E-state index contributed by atoms with van der Waals surface area (Å²) in [5.74, 6) is 1.64. The van der Waals surface area contributed by atoms with Crippen LogP contribution in [0, 0.1) is 11.8 Å². The van der Waals surface area contributed by atoms with E-state index < -0.39 is 0 Å². The third kappa shape index (κ3) is 2.18. The lowest BCUT2D eigenvalue weighted by atomic mass is 9.95. The maximum Gasteiger partial charge on any atom is 0.0640 e. The van der Waals surface area contributed by atoms with Gasteiger partial charge in [0.15, 0.2) is 0 Å². The van der Waals surface area contributed by atoms with Crippen LogP contribution in [0.15, 0.2) is 12.4 Å². The highest BCUT2D eigenvalue weighted by Crippen LogP contribution is 2.33. The van der Waals surface area contributed by atoms with Crippen LogP contribution >= 0.6 is 0 Å². The third-order valence-corrected chi connectivity index (χ3v) is 4.46. The molecule has 0 saturated carbocycles. The van der Waals surface area contributed by atoms with E-state index in [-0.39, 0.29) is 6.61 Å². The summed E-state index contributed by atoms with van der Waals surface area (Å²) in [6, 6.07) is 0.659. The molecule has 0 aliphatic carbocycles. The summed E-state index contributed by atoms with van der Waals surface area (Å²) in [5, 5.41) is 16.6. The fourth-order valence-corrected chi connectivity index (χ4v) is 3.41. The van der Waals surface area contributed by atoms with Gasteiger partial charge in [0.2, 0.25) is 0 Å². The van der Waals surface area contributed by atoms with Crippen molar-refractivity contribution in [3.63, 3.8) is 0 Å². The van der Waals surface area contributed by atoms with Crippen LogP contribution in [0.1, 0.15) is 12.5 Å². The van der Waals surface area contributed by atoms with Crippen LogP contribution < -0.4 is 5.32 Å². The van der Waals surface area contributed by atoms with E-state index in [0.29, 0.717) is 12.6 Å². The predicted molar refractivity (Wildman–Crippen MR) is 69.0 cm³/mol. The fraction of sp³-hybridized carbons (Fsp3) is 0.769. The van der Waals surface area contributed by atoms with Gasteiger partial charge in [-0.15, -0.1) is 0 Å². The average Bonchev–Trinajstić information content (AvgIpc) is 3.02. The number of hydrogen-bond donors (Lipinski definition) is 2. The van der Waals surface area contributed by atoms with Gasteiger partial charge in [0.25, 0.3) is 0 Å². The second kappa shape index (κ2) is 4.99. The summed E-state index contributed by atoms with van der Waals surface area (Å²) >= 11 is 0. The number of nitrogens with one attached hydrogen (secondary N) is 1. The van der Waals surface area contributed by atoms with Crippen molar-refractivity contribution in [2.75, 3.05) is 26.2 Å². The molecule has 5 heteroatoms. The van der Waals surface area contributed by atoms with Crippen molar-refractivity contribution in [1.82, 2.24) is 20.0 Å². The van der Waals surface area contributed by atoms with E-state index in [1.807, 2.05) is 10.9 Å². The van der Waals surface area contributed by atoms with Gasteiger partial charge >= 0.3 is 0 Å². The minimum absolute atomic E-state index is 0.150. The van der Waals surface area contributed by atoms with Gasteiger partial charge in [-0.25, -0.2) is 0 Å². The number of likely N-dealkylation sites (tertiary alicyclic amines) is 1. The molecule has 0 bridgehead atoms. The summed E-state index contributed by atoms with van der Waals surface area (Å²) in [4.78, 5) is 2.57. The summed E-state index contributed by atoms with van der Waals surface area (Å²) in [6.07, 6.45) is 3.98. The SMILES string of the molecule is CC1C2CNCC2CN1Cc1cnn(CCO)c1. The molecule has 3 unspecified atom stereocenters. The molecule has 2 N–H and O–H groups in total. The minimum Gasteiger partial charge on any atom is -0.394 e. The standard InChI is InChI=1S/C13H22N4O/c1-10-13-6-14-5-12(13)9-16(10)7-11-4-15-17(8-11)2-3-18/h4,8,10,12-14,18H,2-3,5-7,9H2,1H3. The molecule has 2 aliphatic heterocycles. The monoisotopic (exact) mass is 250 g/mol. The highest BCUT2D eigenvalue weighted by atomic mass is 16.3. The number of fused-ring (bicyclic) bond motifs is 1. The van der Waals surface area contributed by atoms with Gasteiger partial charge in [0, 0.05) is 30.9 Å². The van der Waals surface area contributed by atoms with Crippen LogP contribution in [0.25, 0.3) is 0 Å². The quantitative estimate of drug-likeness (QED) is 0.784. The second-order valence-electron chi connectivity index (χ2n) is 5.59. The maximum absolute atomic E-state index is 8.89. The van der Waals surface area contributed by atoms with E-state index in [9.17, 15) is 0 Å². The molecule has 0 spiro atoms. The summed E-state index contributed by atoms with van der Waals surface area (Å²) < 4.78 is 1.82. The van der Waals surface area contributed by atoms with E-state index >= 15 is 0 Å². The first kappa shape index (κ1) is 12.1. The summed E-state index contributed by atoms with van der Waals surface area (Å²) in [5.41, 5.74) is 1.25. The number of hydrogen-bond acceptors (Lipinski definition) is 4. The Balaban J connectivity index is 1.62. The van der Waals surface area contributed by atoms with Crippen molar-refractivity contribution in [2.45, 2.75) is 26.1 Å². The molecule has 0 radical (unpaired) electrons. The van der Waals surface area contributed by atoms with Gasteiger partial charge < -0.3 is 10.4 Å². The molecular formula is C13H22N4O. The molecule has 100 valence electrons. The Bertz CT molecular complexity index is 405. The molecule has 2 saturated heterocycles. The summed E-state index contributed by atoms with van der Waals surface area (Å²) in [6.45, 7) is 7.61. The van der Waals surface area contributed by atoms with Crippen molar-refractivity contribution in [3.8, 4) is 0 Å². The summed E-state index contributed by atoms with van der Waals surface area (Å²) in [7, 11) is 0. The zero-order chi connectivity index (χ0) is 12.5.